The van der Waals surface area contributed by atoms with Crippen LogP contribution in [0.1, 0.15) is 0 Å². The van der Waals surface area contributed by atoms with Crippen molar-refractivity contribution in [1.29, 1.82) is 0 Å². The van der Waals surface area contributed by atoms with E-state index in [0.29, 0.717) is 0 Å². The molecule has 19 aromatic carbocycles. The molecule has 0 aliphatic carbocycles. The van der Waals surface area contributed by atoms with Crippen LogP contribution in [0.5, 0.6) is 0 Å². The Morgan fingerprint density at radius 3 is 1.29 bits per heavy atom. The highest BCUT2D eigenvalue weighted by molar-refractivity contribution is 7.25. The Kier molecular flexibility index (Phi) is 13.3. The van der Waals surface area contributed by atoms with Gasteiger partial charge in [-0.2, -0.15) is 0 Å². The first-order chi connectivity index (χ1) is 50.5. The number of rotatable bonds is 9. The van der Waals surface area contributed by atoms with E-state index in [2.05, 4.69) is 364 Å². The van der Waals surface area contributed by atoms with Gasteiger partial charge in [-0.25, -0.2) is 0 Å². The molecule has 0 unspecified atom stereocenters. The fourth-order valence-corrected chi connectivity index (χ4v) is 17.9. The van der Waals surface area contributed by atoms with Gasteiger partial charge in [-0.05, 0) is 231 Å². The fourth-order valence-electron chi connectivity index (χ4n) is 16.8. The van der Waals surface area contributed by atoms with Crippen LogP contribution in [0.3, 0.4) is 0 Å². The lowest BCUT2D eigenvalue weighted by molar-refractivity contribution is 0.670. The van der Waals surface area contributed by atoms with Crippen LogP contribution in [0.15, 0.2) is 368 Å². The number of fused-ring (bicyclic) bond motifs is 13. The first-order valence-electron chi connectivity index (χ1n) is 35.2. The van der Waals surface area contributed by atoms with E-state index < -0.39 is 0 Å². The van der Waals surface area contributed by atoms with E-state index in [1.807, 2.05) is 11.3 Å². The Bertz CT molecular complexity index is 7040. The SMILES string of the molecule is c1ccc(-c2c3ccccc3c(-c3ccccc3-c3ccc4ccccc4c3)c3cc(-c4cccc5c4oc4ccc(-c6ccc7c(-c8cccc9ccccc89)c8ccc(-c9ccc%10sc%11ccccc%11c%10c9)cc8c(-c8ccc(-c9ccc%10ccccc%10c9)cc8)c7c6)cc45)ccc23)cc1. The predicted octanol–water partition coefficient (Wildman–Crippen LogP) is 29.0. The number of hydrogen-bond donors (Lipinski definition) is 0. The minimum absolute atomic E-state index is 0.850. The zero-order valence-corrected chi connectivity index (χ0v) is 56.3. The van der Waals surface area contributed by atoms with Gasteiger partial charge in [-0.15, -0.1) is 11.3 Å². The molecule has 2 heteroatoms. The van der Waals surface area contributed by atoms with Gasteiger partial charge in [0.25, 0.3) is 0 Å². The van der Waals surface area contributed by atoms with Crippen LogP contribution in [0.4, 0.5) is 0 Å². The van der Waals surface area contributed by atoms with Crippen molar-refractivity contribution >= 4 is 129 Å². The summed E-state index contributed by atoms with van der Waals surface area (Å²) in [4.78, 5) is 0. The normalized spacial score (nSPS) is 11.9. The highest BCUT2D eigenvalue weighted by Crippen LogP contribution is 2.51. The van der Waals surface area contributed by atoms with Crippen molar-refractivity contribution in [3.05, 3.63) is 364 Å². The second-order valence-electron chi connectivity index (χ2n) is 27.3. The molecule has 0 N–H and O–H groups in total. The molecule has 2 aromatic heterocycles. The van der Waals surface area contributed by atoms with Crippen LogP contribution in [-0.2, 0) is 0 Å². The standard InChI is InChI=1S/C100H60OS/c1-2-21-65(22-3-1)96-82-30-12-13-31-83(82)99(80-29-11-10-27-77(80)74-43-39-62-19-5-7-24-68(62)55-74)92-60-75(46-51-84(92)96)78-32-17-34-87-88-56-72(47-52-93(88)101-100(78)87)70-44-49-85-90(58-70)97(66-40-36-63(37-41-66)69-42-38-61-18-4-6-23-67(61)54-69)91-59-71(73-48-53-95-89(57-73)79-28-14-15-35-94(79)102-95)45-50-86(91)98(85)81-33-16-25-64-20-8-9-26-76(64)81/h1-60H. The van der Waals surface area contributed by atoms with E-state index in [1.54, 1.807) is 0 Å². The summed E-state index contributed by atoms with van der Waals surface area (Å²) in [6, 6.07) is 136. The van der Waals surface area contributed by atoms with Crippen molar-refractivity contribution in [1.82, 2.24) is 0 Å². The Balaban J connectivity index is 0.762. The van der Waals surface area contributed by atoms with E-state index in [9.17, 15) is 0 Å². The van der Waals surface area contributed by atoms with Gasteiger partial charge >= 0.3 is 0 Å². The first-order valence-corrected chi connectivity index (χ1v) is 36.0. The highest BCUT2D eigenvalue weighted by Gasteiger charge is 2.24. The molecule has 2 heterocycles. The Hall–Kier alpha value is -13.0. The molecular weight excluding hydrogens is 1250 g/mol. The zero-order chi connectivity index (χ0) is 66.9. The quantitative estimate of drug-likeness (QED) is 0.131. The third-order valence-corrected chi connectivity index (χ3v) is 22.8. The van der Waals surface area contributed by atoms with E-state index in [0.717, 1.165) is 49.8 Å². The highest BCUT2D eigenvalue weighted by atomic mass is 32.1. The van der Waals surface area contributed by atoms with Gasteiger partial charge in [0, 0.05) is 36.5 Å². The van der Waals surface area contributed by atoms with Crippen molar-refractivity contribution in [2.24, 2.45) is 0 Å². The zero-order valence-electron chi connectivity index (χ0n) is 55.5. The lowest BCUT2D eigenvalue weighted by atomic mass is 9.82. The minimum atomic E-state index is 0.850. The van der Waals surface area contributed by atoms with E-state index in [1.165, 1.54) is 168 Å². The smallest absolute Gasteiger partial charge is 0.143 e. The van der Waals surface area contributed by atoms with Crippen LogP contribution in [0, 0.1) is 0 Å². The Morgan fingerprint density at radius 2 is 0.559 bits per heavy atom. The first kappa shape index (κ1) is 58.0. The summed E-state index contributed by atoms with van der Waals surface area (Å²) < 4.78 is 9.78. The summed E-state index contributed by atoms with van der Waals surface area (Å²) in [7, 11) is 0. The molecule has 0 radical (unpaired) electrons. The Morgan fingerprint density at radius 1 is 0.167 bits per heavy atom. The molecule has 0 atom stereocenters. The molecule has 0 fully saturated rings. The van der Waals surface area contributed by atoms with E-state index in [4.69, 9.17) is 4.42 Å². The number of thiophene rings is 1. The second kappa shape index (κ2) is 23.3. The molecule has 472 valence electrons. The van der Waals surface area contributed by atoms with E-state index in [-0.39, 0.29) is 0 Å². The van der Waals surface area contributed by atoms with Gasteiger partial charge in [-0.1, -0.05) is 303 Å². The fraction of sp³-hybridized carbons (Fsp3) is 0. The maximum absolute atomic E-state index is 7.18. The summed E-state index contributed by atoms with van der Waals surface area (Å²) in [6.07, 6.45) is 0. The topological polar surface area (TPSA) is 13.1 Å². The van der Waals surface area contributed by atoms with Crippen LogP contribution >= 0.6 is 11.3 Å². The summed E-state index contributed by atoms with van der Waals surface area (Å²) in [6.45, 7) is 0. The van der Waals surface area contributed by atoms with Crippen molar-refractivity contribution in [3.8, 4) is 100 Å². The number of hydrogen-bond acceptors (Lipinski definition) is 2. The van der Waals surface area contributed by atoms with Crippen LogP contribution in [0.25, 0.3) is 218 Å². The molecule has 0 amide bonds. The van der Waals surface area contributed by atoms with Crippen LogP contribution < -0.4 is 0 Å². The molecule has 1 nitrogen and oxygen atoms in total. The molecule has 0 spiro atoms. The molecule has 21 rings (SSSR count). The summed E-state index contributed by atoms with van der Waals surface area (Å²) in [5.41, 5.74) is 22.9. The maximum Gasteiger partial charge on any atom is 0.143 e. The van der Waals surface area contributed by atoms with Crippen molar-refractivity contribution in [2.45, 2.75) is 0 Å². The minimum Gasteiger partial charge on any atom is -0.455 e. The molecule has 0 aliphatic rings. The average Bonchev–Trinajstić information content (AvgIpc) is 0.808. The molecule has 0 aliphatic heterocycles. The predicted molar refractivity (Wildman–Crippen MR) is 438 cm³/mol. The summed E-state index contributed by atoms with van der Waals surface area (Å²) >= 11 is 1.86. The van der Waals surface area contributed by atoms with Crippen LogP contribution in [-0.4, -0.2) is 0 Å². The van der Waals surface area contributed by atoms with Gasteiger partial charge in [0.1, 0.15) is 11.2 Å². The largest absolute Gasteiger partial charge is 0.455 e. The maximum atomic E-state index is 7.18. The van der Waals surface area contributed by atoms with Crippen molar-refractivity contribution in [3.63, 3.8) is 0 Å². The van der Waals surface area contributed by atoms with Crippen LogP contribution in [0.2, 0.25) is 0 Å². The molecule has 0 bridgehead atoms. The summed E-state index contributed by atoms with van der Waals surface area (Å²) in [5, 5.41) is 21.7. The van der Waals surface area contributed by atoms with Crippen molar-refractivity contribution < 1.29 is 4.42 Å². The second-order valence-corrected chi connectivity index (χ2v) is 28.4. The lowest BCUT2D eigenvalue weighted by Gasteiger charge is -2.21. The molecule has 102 heavy (non-hydrogen) atoms. The monoisotopic (exact) mass is 1310 g/mol. The van der Waals surface area contributed by atoms with Crippen molar-refractivity contribution in [2.75, 3.05) is 0 Å². The summed E-state index contributed by atoms with van der Waals surface area (Å²) in [5.74, 6) is 0. The molecular formula is C100H60OS. The average molecular weight is 1310 g/mol. The van der Waals surface area contributed by atoms with Gasteiger partial charge in [0.05, 0.1) is 0 Å². The molecule has 0 saturated heterocycles. The van der Waals surface area contributed by atoms with Gasteiger partial charge in [0.2, 0.25) is 0 Å². The third-order valence-electron chi connectivity index (χ3n) is 21.6. The number of furan rings is 1. The lowest BCUT2D eigenvalue weighted by Crippen LogP contribution is -1.93. The molecule has 0 saturated carbocycles. The number of para-hydroxylation sites is 1. The van der Waals surface area contributed by atoms with Gasteiger partial charge in [-0.3, -0.25) is 0 Å². The third kappa shape index (κ3) is 9.38. The number of benzene rings is 19. The molecule has 21 aromatic rings. The van der Waals surface area contributed by atoms with Gasteiger partial charge in [0.15, 0.2) is 0 Å². The Labute approximate surface area is 593 Å². The van der Waals surface area contributed by atoms with E-state index >= 15 is 0 Å². The van der Waals surface area contributed by atoms with Gasteiger partial charge < -0.3 is 4.42 Å².